The zero-order valence-electron chi connectivity index (χ0n) is 22.9. The molecule has 0 saturated heterocycles. The van der Waals surface area contributed by atoms with Gasteiger partial charge in [-0.2, -0.15) is 10.2 Å². The van der Waals surface area contributed by atoms with Gasteiger partial charge in [-0.1, -0.05) is 39.8 Å². The summed E-state index contributed by atoms with van der Waals surface area (Å²) >= 11 is 0. The first-order valence-electron chi connectivity index (χ1n) is 12.7. The van der Waals surface area contributed by atoms with Crippen LogP contribution < -0.4 is 9.47 Å². The minimum absolute atomic E-state index is 0.486. The van der Waals surface area contributed by atoms with Gasteiger partial charge in [0.15, 0.2) is 0 Å². The second-order valence-corrected chi connectivity index (χ2v) is 9.43. The Morgan fingerprint density at radius 2 is 1.31 bits per heavy atom. The Bertz CT molecular complexity index is 1250. The van der Waals surface area contributed by atoms with Gasteiger partial charge in [0.1, 0.15) is 11.5 Å². The molecule has 0 amide bonds. The van der Waals surface area contributed by atoms with Crippen LogP contribution in [0.25, 0.3) is 22.3 Å². The predicted molar refractivity (Wildman–Crippen MR) is 148 cm³/mol. The molecule has 6 heteroatoms. The van der Waals surface area contributed by atoms with Crippen LogP contribution in [0.2, 0.25) is 0 Å². The summed E-state index contributed by atoms with van der Waals surface area (Å²) in [5.41, 5.74) is 7.12. The van der Waals surface area contributed by atoms with Crippen LogP contribution in [-0.2, 0) is 13.1 Å². The fraction of sp³-hybridized carbons (Fsp3) is 0.400. The van der Waals surface area contributed by atoms with Crippen molar-refractivity contribution in [2.24, 2.45) is 0 Å². The predicted octanol–water partition coefficient (Wildman–Crippen LogP) is 7.40. The van der Waals surface area contributed by atoms with Crippen LogP contribution in [0.5, 0.6) is 11.5 Å². The largest absolute Gasteiger partial charge is 0.497 e. The molecule has 0 bridgehead atoms. The molecule has 0 saturated carbocycles. The monoisotopic (exact) mass is 488 g/mol. The third-order valence-corrected chi connectivity index (χ3v) is 6.28. The van der Waals surface area contributed by atoms with Gasteiger partial charge >= 0.3 is 0 Å². The molecule has 36 heavy (non-hydrogen) atoms. The van der Waals surface area contributed by atoms with Crippen molar-refractivity contribution in [3.8, 4) is 33.8 Å². The Hall–Kier alpha value is -3.54. The Morgan fingerprint density at radius 1 is 0.694 bits per heavy atom. The van der Waals surface area contributed by atoms with Gasteiger partial charge in [0.05, 0.1) is 26.6 Å². The number of ether oxygens (including phenoxy) is 2. The van der Waals surface area contributed by atoms with Crippen LogP contribution in [0.4, 0.5) is 0 Å². The minimum atomic E-state index is 0.486. The van der Waals surface area contributed by atoms with E-state index >= 15 is 0 Å². The second kappa shape index (κ2) is 12.4. The highest BCUT2D eigenvalue weighted by Crippen LogP contribution is 2.33. The molecule has 0 spiro atoms. The van der Waals surface area contributed by atoms with E-state index in [4.69, 9.17) is 9.47 Å². The molecular formula is C30H40N4O2. The SMILES string of the molecule is CCn1cc(-c2cc(C(C)C)ccc2OC)cn1.CCn1cc(-c2cc(OC)cc(C(C)C)c2)cn1. The molecule has 0 N–H and O–H groups in total. The molecule has 2 aromatic carbocycles. The Morgan fingerprint density at radius 3 is 1.83 bits per heavy atom. The van der Waals surface area contributed by atoms with E-state index in [0.717, 1.165) is 46.8 Å². The number of hydrogen-bond acceptors (Lipinski definition) is 4. The molecule has 0 atom stereocenters. The van der Waals surface area contributed by atoms with Crippen LogP contribution in [-0.4, -0.2) is 33.8 Å². The second-order valence-electron chi connectivity index (χ2n) is 9.43. The summed E-state index contributed by atoms with van der Waals surface area (Å²) in [4.78, 5) is 0. The number of hydrogen-bond donors (Lipinski definition) is 0. The number of rotatable bonds is 8. The number of aryl methyl sites for hydroxylation is 2. The fourth-order valence-corrected chi connectivity index (χ4v) is 3.91. The van der Waals surface area contributed by atoms with E-state index in [9.17, 15) is 0 Å². The molecule has 0 unspecified atom stereocenters. The zero-order valence-corrected chi connectivity index (χ0v) is 22.9. The van der Waals surface area contributed by atoms with Crippen LogP contribution in [0, 0.1) is 0 Å². The molecule has 0 aliphatic carbocycles. The van der Waals surface area contributed by atoms with E-state index in [1.54, 1.807) is 14.2 Å². The number of aromatic nitrogens is 4. The molecule has 0 aliphatic heterocycles. The normalized spacial score (nSPS) is 10.9. The van der Waals surface area contributed by atoms with E-state index in [1.165, 1.54) is 11.1 Å². The molecule has 4 aromatic rings. The maximum absolute atomic E-state index is 5.44. The number of methoxy groups -OCH3 is 2. The average molecular weight is 489 g/mol. The van der Waals surface area contributed by atoms with Crippen LogP contribution in [0.3, 0.4) is 0 Å². The molecule has 0 radical (unpaired) electrons. The topological polar surface area (TPSA) is 54.1 Å². The summed E-state index contributed by atoms with van der Waals surface area (Å²) in [5.74, 6) is 2.80. The third-order valence-electron chi connectivity index (χ3n) is 6.28. The van der Waals surface area contributed by atoms with Crippen LogP contribution >= 0.6 is 0 Å². The van der Waals surface area contributed by atoms with E-state index < -0.39 is 0 Å². The standard InChI is InChI=1S/2C15H20N2O/c1-5-17-10-14(9-16-17)13-6-12(11(2)3)7-15(8-13)18-4;1-5-17-10-13(9-16-17)14-8-12(11(2)3)6-7-15(14)18-4/h2*6-11H,5H2,1-4H3. The van der Waals surface area contributed by atoms with Gasteiger partial charge < -0.3 is 9.47 Å². The van der Waals surface area contributed by atoms with Gasteiger partial charge in [-0.3, -0.25) is 9.36 Å². The first-order chi connectivity index (χ1) is 17.3. The maximum atomic E-state index is 5.44. The smallest absolute Gasteiger partial charge is 0.126 e. The van der Waals surface area contributed by atoms with Crippen molar-refractivity contribution in [2.45, 2.75) is 66.5 Å². The average Bonchev–Trinajstić information content (AvgIpc) is 3.58. The lowest BCUT2D eigenvalue weighted by atomic mass is 9.98. The molecule has 4 rings (SSSR count). The summed E-state index contributed by atoms with van der Waals surface area (Å²) < 4.78 is 14.7. The summed E-state index contributed by atoms with van der Waals surface area (Å²) in [5, 5.41) is 8.64. The van der Waals surface area contributed by atoms with E-state index in [2.05, 4.69) is 94.5 Å². The minimum Gasteiger partial charge on any atom is -0.497 e. The highest BCUT2D eigenvalue weighted by Gasteiger charge is 2.11. The molecule has 0 aliphatic rings. The van der Waals surface area contributed by atoms with Crippen molar-refractivity contribution < 1.29 is 9.47 Å². The molecule has 192 valence electrons. The van der Waals surface area contributed by atoms with E-state index in [-0.39, 0.29) is 0 Å². The van der Waals surface area contributed by atoms with Gasteiger partial charge in [-0.05, 0) is 66.6 Å². The fourth-order valence-electron chi connectivity index (χ4n) is 3.91. The zero-order chi connectivity index (χ0) is 26.2. The molecule has 6 nitrogen and oxygen atoms in total. The Balaban J connectivity index is 0.000000201. The summed E-state index contributed by atoms with van der Waals surface area (Å²) in [7, 11) is 3.41. The first-order valence-corrected chi connectivity index (χ1v) is 12.7. The molecule has 0 fully saturated rings. The lowest BCUT2D eigenvalue weighted by Crippen LogP contribution is -1.93. The van der Waals surface area contributed by atoms with Crippen molar-refractivity contribution in [1.82, 2.24) is 19.6 Å². The number of benzene rings is 2. The lowest BCUT2D eigenvalue weighted by molar-refractivity contribution is 0.414. The van der Waals surface area contributed by atoms with Crippen molar-refractivity contribution in [3.63, 3.8) is 0 Å². The third kappa shape index (κ3) is 6.56. The van der Waals surface area contributed by atoms with Gasteiger partial charge in [0.2, 0.25) is 0 Å². The molecule has 2 heterocycles. The van der Waals surface area contributed by atoms with Crippen molar-refractivity contribution in [2.75, 3.05) is 14.2 Å². The summed E-state index contributed by atoms with van der Waals surface area (Å²) in [6, 6.07) is 12.7. The highest BCUT2D eigenvalue weighted by molar-refractivity contribution is 5.70. The molecular weight excluding hydrogens is 448 g/mol. The molecule has 2 aromatic heterocycles. The van der Waals surface area contributed by atoms with Crippen molar-refractivity contribution in [3.05, 3.63) is 72.3 Å². The summed E-state index contributed by atoms with van der Waals surface area (Å²) in [6.07, 6.45) is 7.93. The summed E-state index contributed by atoms with van der Waals surface area (Å²) in [6.45, 7) is 14.7. The first kappa shape index (κ1) is 27.1. The van der Waals surface area contributed by atoms with Gasteiger partial charge in [0, 0.05) is 42.2 Å². The van der Waals surface area contributed by atoms with Gasteiger partial charge in [-0.15, -0.1) is 0 Å². The van der Waals surface area contributed by atoms with Crippen molar-refractivity contribution >= 4 is 0 Å². The number of nitrogens with zero attached hydrogens (tertiary/aromatic N) is 4. The lowest BCUT2D eigenvalue weighted by Gasteiger charge is -2.11. The van der Waals surface area contributed by atoms with E-state index in [1.807, 2.05) is 27.8 Å². The van der Waals surface area contributed by atoms with Crippen LogP contribution in [0.1, 0.15) is 64.5 Å². The quantitative estimate of drug-likeness (QED) is 0.259. The van der Waals surface area contributed by atoms with Gasteiger partial charge in [-0.25, -0.2) is 0 Å². The van der Waals surface area contributed by atoms with Crippen LogP contribution in [0.15, 0.2) is 61.2 Å². The maximum Gasteiger partial charge on any atom is 0.126 e. The van der Waals surface area contributed by atoms with Crippen molar-refractivity contribution in [1.29, 1.82) is 0 Å². The van der Waals surface area contributed by atoms with E-state index in [0.29, 0.717) is 11.8 Å². The van der Waals surface area contributed by atoms with Gasteiger partial charge in [0.25, 0.3) is 0 Å². The Labute approximate surface area is 215 Å². The Kier molecular flexibility index (Phi) is 9.34. The highest BCUT2D eigenvalue weighted by atomic mass is 16.5.